The molecular formula is C26H34N4O2S. The van der Waals surface area contributed by atoms with Gasteiger partial charge in [0.05, 0.1) is 5.39 Å². The van der Waals surface area contributed by atoms with E-state index in [-0.39, 0.29) is 11.5 Å². The van der Waals surface area contributed by atoms with Crippen molar-refractivity contribution in [2.24, 2.45) is 5.92 Å². The maximum Gasteiger partial charge on any atom is 0.259 e. The first kappa shape index (κ1) is 23.5. The molecule has 0 unspecified atom stereocenters. The smallest absolute Gasteiger partial charge is 0.259 e. The minimum absolute atomic E-state index is 0.00403. The Kier molecular flexibility index (Phi) is 7.48. The summed E-state index contributed by atoms with van der Waals surface area (Å²) in [7, 11) is 0. The molecule has 0 fully saturated rings. The van der Waals surface area contributed by atoms with Gasteiger partial charge in [-0.2, -0.15) is 0 Å². The Bertz CT molecular complexity index is 1180. The SMILES string of the molecule is CCN(CCCNC(=O)CCc1nc2sc3c(c2c(=O)[nH]1)CC[C@H](C)C3)c1cccc(C)c1. The third-order valence-corrected chi connectivity index (χ3v) is 7.63. The number of thiophene rings is 1. The van der Waals surface area contributed by atoms with Crippen molar-refractivity contribution in [1.82, 2.24) is 15.3 Å². The molecule has 3 aromatic rings. The Balaban J connectivity index is 1.27. The first-order chi connectivity index (χ1) is 15.9. The van der Waals surface area contributed by atoms with Gasteiger partial charge in [-0.05, 0) is 68.7 Å². The summed E-state index contributed by atoms with van der Waals surface area (Å²) in [5, 5.41) is 3.78. The summed E-state index contributed by atoms with van der Waals surface area (Å²) >= 11 is 1.65. The Morgan fingerprint density at radius 1 is 1.36 bits per heavy atom. The van der Waals surface area contributed by atoms with Crippen molar-refractivity contribution >= 4 is 33.1 Å². The van der Waals surface area contributed by atoms with Crippen LogP contribution in [0.25, 0.3) is 10.2 Å². The van der Waals surface area contributed by atoms with Gasteiger partial charge in [0.15, 0.2) is 0 Å². The Hall–Kier alpha value is -2.67. The van der Waals surface area contributed by atoms with Crippen molar-refractivity contribution in [3.8, 4) is 0 Å². The molecule has 0 radical (unpaired) electrons. The number of amides is 1. The van der Waals surface area contributed by atoms with E-state index in [9.17, 15) is 9.59 Å². The van der Waals surface area contributed by atoms with E-state index in [0.717, 1.165) is 49.0 Å². The number of fused-ring (bicyclic) bond motifs is 3. The fourth-order valence-electron chi connectivity index (χ4n) is 4.62. The molecule has 0 aliphatic heterocycles. The van der Waals surface area contributed by atoms with Crippen LogP contribution in [0.2, 0.25) is 0 Å². The molecule has 0 spiro atoms. The number of carbonyl (C=O) groups is 1. The molecule has 176 valence electrons. The van der Waals surface area contributed by atoms with Gasteiger partial charge in [-0.1, -0.05) is 19.1 Å². The van der Waals surface area contributed by atoms with E-state index >= 15 is 0 Å². The number of aromatic nitrogens is 2. The molecule has 1 aromatic carbocycles. The summed E-state index contributed by atoms with van der Waals surface area (Å²) in [5.74, 6) is 1.26. The molecule has 0 saturated carbocycles. The average molecular weight is 467 g/mol. The lowest BCUT2D eigenvalue weighted by atomic mass is 9.89. The van der Waals surface area contributed by atoms with Crippen LogP contribution >= 0.6 is 11.3 Å². The number of rotatable bonds is 9. The summed E-state index contributed by atoms with van der Waals surface area (Å²) in [6, 6.07) is 8.50. The largest absolute Gasteiger partial charge is 0.372 e. The number of anilines is 1. The number of aromatic amines is 1. The Labute approximate surface area is 199 Å². The highest BCUT2D eigenvalue weighted by molar-refractivity contribution is 7.18. The molecule has 0 bridgehead atoms. The van der Waals surface area contributed by atoms with Gasteiger partial charge in [0.25, 0.3) is 5.56 Å². The quantitative estimate of drug-likeness (QED) is 0.459. The molecule has 2 N–H and O–H groups in total. The van der Waals surface area contributed by atoms with Gasteiger partial charge in [0, 0.05) is 43.0 Å². The highest BCUT2D eigenvalue weighted by atomic mass is 32.1. The summed E-state index contributed by atoms with van der Waals surface area (Å²) in [4.78, 5) is 37.1. The molecule has 2 aromatic heterocycles. The predicted molar refractivity (Wildman–Crippen MR) is 136 cm³/mol. The van der Waals surface area contributed by atoms with E-state index < -0.39 is 0 Å². The molecule has 1 aliphatic rings. The second-order valence-electron chi connectivity index (χ2n) is 9.17. The van der Waals surface area contributed by atoms with Crippen molar-refractivity contribution in [1.29, 1.82) is 0 Å². The summed E-state index contributed by atoms with van der Waals surface area (Å²) in [6.45, 7) is 8.98. The van der Waals surface area contributed by atoms with E-state index in [4.69, 9.17) is 0 Å². The number of hydrogen-bond acceptors (Lipinski definition) is 5. The number of carbonyl (C=O) groups excluding carboxylic acids is 1. The zero-order valence-corrected chi connectivity index (χ0v) is 20.7. The Morgan fingerprint density at radius 2 is 2.21 bits per heavy atom. The normalized spacial score (nSPS) is 15.4. The van der Waals surface area contributed by atoms with Crippen LogP contribution in [0.3, 0.4) is 0 Å². The molecular weight excluding hydrogens is 432 g/mol. The predicted octanol–water partition coefficient (Wildman–Crippen LogP) is 4.38. The maximum absolute atomic E-state index is 12.7. The summed E-state index contributed by atoms with van der Waals surface area (Å²) in [6.07, 6.45) is 4.77. The fourth-order valence-corrected chi connectivity index (χ4v) is 6.03. The topological polar surface area (TPSA) is 78.1 Å². The van der Waals surface area contributed by atoms with Gasteiger partial charge in [-0.25, -0.2) is 4.98 Å². The standard InChI is InChI=1S/C26H34N4O2S/c1-4-30(19-8-5-7-17(2)15-19)14-6-13-27-23(31)12-11-22-28-25(32)24-20-10-9-18(3)16-21(20)33-26(24)29-22/h5,7-8,15,18H,4,6,9-14,16H2,1-3H3,(H,27,31)(H,28,29,32)/t18-/m0/s1. The number of nitrogens with zero attached hydrogens (tertiary/aromatic N) is 2. The fraction of sp³-hybridized carbons (Fsp3) is 0.500. The molecule has 6 nitrogen and oxygen atoms in total. The molecule has 33 heavy (non-hydrogen) atoms. The number of H-pyrrole nitrogens is 1. The number of nitrogens with one attached hydrogen (secondary N) is 2. The van der Waals surface area contributed by atoms with Crippen LogP contribution in [0.5, 0.6) is 0 Å². The highest BCUT2D eigenvalue weighted by Crippen LogP contribution is 2.35. The monoisotopic (exact) mass is 466 g/mol. The molecule has 1 atom stereocenters. The first-order valence-electron chi connectivity index (χ1n) is 12.1. The van der Waals surface area contributed by atoms with E-state index in [1.807, 2.05) is 0 Å². The zero-order chi connectivity index (χ0) is 23.4. The number of hydrogen-bond donors (Lipinski definition) is 2. The maximum atomic E-state index is 12.7. The van der Waals surface area contributed by atoms with E-state index in [2.05, 4.69) is 65.2 Å². The third kappa shape index (κ3) is 5.64. The van der Waals surface area contributed by atoms with Gasteiger partial charge >= 0.3 is 0 Å². The van der Waals surface area contributed by atoms with E-state index in [1.54, 1.807) is 11.3 Å². The minimum Gasteiger partial charge on any atom is -0.372 e. The number of aryl methyl sites for hydroxylation is 3. The molecule has 7 heteroatoms. The van der Waals surface area contributed by atoms with Crippen LogP contribution in [0, 0.1) is 12.8 Å². The van der Waals surface area contributed by atoms with E-state index in [0.29, 0.717) is 31.1 Å². The Morgan fingerprint density at radius 3 is 3.00 bits per heavy atom. The van der Waals surface area contributed by atoms with Crippen molar-refractivity contribution in [3.05, 3.63) is 56.4 Å². The number of benzene rings is 1. The van der Waals surface area contributed by atoms with Crippen molar-refractivity contribution in [3.63, 3.8) is 0 Å². The third-order valence-electron chi connectivity index (χ3n) is 6.48. The van der Waals surface area contributed by atoms with Crippen LogP contribution in [-0.4, -0.2) is 35.5 Å². The van der Waals surface area contributed by atoms with Crippen LogP contribution in [-0.2, 0) is 24.1 Å². The van der Waals surface area contributed by atoms with Crippen LogP contribution in [0.15, 0.2) is 29.1 Å². The first-order valence-corrected chi connectivity index (χ1v) is 12.9. The van der Waals surface area contributed by atoms with Gasteiger partial charge in [0.2, 0.25) is 5.91 Å². The van der Waals surface area contributed by atoms with Crippen molar-refractivity contribution in [2.75, 3.05) is 24.5 Å². The lowest BCUT2D eigenvalue weighted by molar-refractivity contribution is -0.121. The molecule has 1 amide bonds. The summed E-state index contributed by atoms with van der Waals surface area (Å²) < 4.78 is 0. The van der Waals surface area contributed by atoms with Gasteiger partial charge in [-0.15, -0.1) is 11.3 Å². The van der Waals surface area contributed by atoms with Gasteiger partial charge in [0.1, 0.15) is 10.7 Å². The van der Waals surface area contributed by atoms with Crippen molar-refractivity contribution < 1.29 is 4.79 Å². The molecule has 2 heterocycles. The molecule has 1 aliphatic carbocycles. The van der Waals surface area contributed by atoms with Crippen molar-refractivity contribution in [2.45, 2.75) is 59.3 Å². The minimum atomic E-state index is -0.0572. The molecule has 4 rings (SSSR count). The van der Waals surface area contributed by atoms with Crippen LogP contribution in [0.1, 0.15) is 54.9 Å². The second-order valence-corrected chi connectivity index (χ2v) is 10.3. The lowest BCUT2D eigenvalue weighted by Crippen LogP contribution is -2.30. The van der Waals surface area contributed by atoms with Gasteiger partial charge in [-0.3, -0.25) is 9.59 Å². The second kappa shape index (κ2) is 10.5. The van der Waals surface area contributed by atoms with Crippen LogP contribution < -0.4 is 15.8 Å². The lowest BCUT2D eigenvalue weighted by Gasteiger charge is -2.23. The molecule has 0 saturated heterocycles. The van der Waals surface area contributed by atoms with E-state index in [1.165, 1.54) is 21.7 Å². The zero-order valence-electron chi connectivity index (χ0n) is 19.9. The average Bonchev–Trinajstić information content (AvgIpc) is 3.15. The van der Waals surface area contributed by atoms with Gasteiger partial charge < -0.3 is 15.2 Å². The highest BCUT2D eigenvalue weighted by Gasteiger charge is 2.23. The summed E-state index contributed by atoms with van der Waals surface area (Å²) in [5.41, 5.74) is 3.61. The van der Waals surface area contributed by atoms with Crippen LogP contribution in [0.4, 0.5) is 5.69 Å².